The lowest BCUT2D eigenvalue weighted by Crippen LogP contribution is -2.57. The van der Waals surface area contributed by atoms with Crippen molar-refractivity contribution >= 4 is 0 Å². The zero-order valence-electron chi connectivity index (χ0n) is 13.8. The van der Waals surface area contributed by atoms with Gasteiger partial charge in [0.1, 0.15) is 0 Å². The Labute approximate surface area is 133 Å². The predicted octanol–water partition coefficient (Wildman–Crippen LogP) is 2.64. The molecule has 0 aromatic heterocycles. The average Bonchev–Trinajstić information content (AvgIpc) is 2.75. The van der Waals surface area contributed by atoms with Crippen molar-refractivity contribution < 1.29 is 15.3 Å². The Balaban J connectivity index is 1.72. The van der Waals surface area contributed by atoms with Crippen LogP contribution in [-0.4, -0.2) is 33.6 Å². The van der Waals surface area contributed by atoms with E-state index in [2.05, 4.69) is 19.9 Å². The SMILES string of the molecule is C[C@]12CC[C@H](O)C=C1CCC1C2[C@@H](O)C[C@@]2(C)C1CC[C@@H]2O. The Bertz CT molecular complexity index is 501. The first-order chi connectivity index (χ1) is 10.4. The van der Waals surface area contributed by atoms with E-state index in [0.717, 1.165) is 44.9 Å². The maximum absolute atomic E-state index is 11.0. The molecule has 3 fully saturated rings. The molecule has 0 heterocycles. The van der Waals surface area contributed by atoms with Gasteiger partial charge in [-0.05, 0) is 73.5 Å². The maximum atomic E-state index is 11.0. The van der Waals surface area contributed by atoms with E-state index in [1.807, 2.05) is 0 Å². The molecule has 0 amide bonds. The van der Waals surface area contributed by atoms with Crippen molar-refractivity contribution in [1.29, 1.82) is 0 Å². The van der Waals surface area contributed by atoms with Crippen LogP contribution in [0.2, 0.25) is 0 Å². The fourth-order valence-electron chi connectivity index (χ4n) is 6.81. The van der Waals surface area contributed by atoms with Crippen LogP contribution in [0.1, 0.15) is 58.8 Å². The second-order valence-electron chi connectivity index (χ2n) is 8.92. The summed E-state index contributed by atoms with van der Waals surface area (Å²) in [6.45, 7) is 4.52. The third-order valence-electron chi connectivity index (χ3n) is 7.97. The summed E-state index contributed by atoms with van der Waals surface area (Å²) in [5, 5.41) is 31.4. The normalized spacial score (nSPS) is 57.6. The zero-order chi connectivity index (χ0) is 15.7. The van der Waals surface area contributed by atoms with Crippen LogP contribution in [0.15, 0.2) is 11.6 Å². The summed E-state index contributed by atoms with van der Waals surface area (Å²) < 4.78 is 0. The van der Waals surface area contributed by atoms with Gasteiger partial charge in [0.2, 0.25) is 0 Å². The number of aliphatic hydroxyl groups is 3. The molecule has 0 spiro atoms. The van der Waals surface area contributed by atoms with Gasteiger partial charge in [-0.1, -0.05) is 25.5 Å². The van der Waals surface area contributed by atoms with Crippen molar-refractivity contribution in [3.8, 4) is 0 Å². The summed E-state index contributed by atoms with van der Waals surface area (Å²) in [5.74, 6) is 1.40. The highest BCUT2D eigenvalue weighted by Gasteiger charge is 2.61. The number of rotatable bonds is 0. The van der Waals surface area contributed by atoms with Crippen molar-refractivity contribution in [1.82, 2.24) is 0 Å². The minimum atomic E-state index is -0.317. The van der Waals surface area contributed by atoms with Crippen molar-refractivity contribution in [2.45, 2.75) is 77.1 Å². The molecule has 4 aliphatic carbocycles. The standard InChI is InChI=1S/C19H30O3/c1-18-8-7-12(20)9-11(18)3-4-13-14-5-6-16(22)19(14,2)10-15(21)17(13)18/h9,12-17,20-22H,3-8,10H2,1-2H3/t12-,13?,14?,15-,16-,17?,18-,19-/m0/s1. The van der Waals surface area contributed by atoms with Gasteiger partial charge in [0.05, 0.1) is 18.3 Å². The summed E-state index contributed by atoms with van der Waals surface area (Å²) in [5.41, 5.74) is 1.34. The second kappa shape index (κ2) is 4.81. The highest BCUT2D eigenvalue weighted by Crippen LogP contribution is 2.65. The highest BCUT2D eigenvalue weighted by atomic mass is 16.3. The monoisotopic (exact) mass is 306 g/mol. The van der Waals surface area contributed by atoms with Crippen LogP contribution in [0, 0.1) is 28.6 Å². The second-order valence-corrected chi connectivity index (χ2v) is 8.92. The fourth-order valence-corrected chi connectivity index (χ4v) is 6.81. The molecule has 4 aliphatic rings. The van der Waals surface area contributed by atoms with Crippen molar-refractivity contribution in [3.05, 3.63) is 11.6 Å². The fraction of sp³-hybridized carbons (Fsp3) is 0.895. The van der Waals surface area contributed by atoms with Crippen LogP contribution in [0.25, 0.3) is 0 Å². The topological polar surface area (TPSA) is 60.7 Å². The quantitative estimate of drug-likeness (QED) is 0.603. The molecule has 3 N–H and O–H groups in total. The molecule has 4 rings (SSSR count). The molecule has 3 heteroatoms. The number of hydrogen-bond acceptors (Lipinski definition) is 3. The van der Waals surface area contributed by atoms with Gasteiger partial charge in [-0.15, -0.1) is 0 Å². The average molecular weight is 306 g/mol. The summed E-state index contributed by atoms with van der Waals surface area (Å²) in [4.78, 5) is 0. The van der Waals surface area contributed by atoms with Crippen molar-refractivity contribution in [3.63, 3.8) is 0 Å². The number of allylic oxidation sites excluding steroid dienone is 1. The van der Waals surface area contributed by atoms with Crippen LogP contribution in [0.5, 0.6) is 0 Å². The largest absolute Gasteiger partial charge is 0.393 e. The van der Waals surface area contributed by atoms with Gasteiger partial charge < -0.3 is 15.3 Å². The predicted molar refractivity (Wildman–Crippen MR) is 85.1 cm³/mol. The molecule has 0 saturated heterocycles. The molecule has 8 atom stereocenters. The summed E-state index contributed by atoms with van der Waals surface area (Å²) >= 11 is 0. The molecular weight excluding hydrogens is 276 g/mol. The maximum Gasteiger partial charge on any atom is 0.0724 e. The van der Waals surface area contributed by atoms with Crippen molar-refractivity contribution in [2.24, 2.45) is 28.6 Å². The lowest BCUT2D eigenvalue weighted by Gasteiger charge is -2.59. The molecular formula is C19H30O3. The molecule has 3 unspecified atom stereocenters. The molecule has 3 saturated carbocycles. The first-order valence-corrected chi connectivity index (χ1v) is 9.11. The highest BCUT2D eigenvalue weighted by molar-refractivity contribution is 5.26. The van der Waals surface area contributed by atoms with Gasteiger partial charge >= 0.3 is 0 Å². The Kier molecular flexibility index (Phi) is 3.32. The van der Waals surface area contributed by atoms with E-state index in [4.69, 9.17) is 0 Å². The Morgan fingerprint density at radius 3 is 2.59 bits per heavy atom. The summed E-state index contributed by atoms with van der Waals surface area (Å²) in [6, 6.07) is 0. The molecule has 0 bridgehead atoms. The molecule has 124 valence electrons. The van der Waals surface area contributed by atoms with Gasteiger partial charge in [0, 0.05) is 0 Å². The molecule has 0 aromatic carbocycles. The molecule has 0 aliphatic heterocycles. The zero-order valence-corrected chi connectivity index (χ0v) is 13.8. The van der Waals surface area contributed by atoms with E-state index in [9.17, 15) is 15.3 Å². The third-order valence-corrected chi connectivity index (χ3v) is 7.97. The molecule has 0 radical (unpaired) electrons. The molecule has 0 aromatic rings. The van der Waals surface area contributed by atoms with Crippen LogP contribution in [0.4, 0.5) is 0 Å². The smallest absolute Gasteiger partial charge is 0.0724 e. The van der Waals surface area contributed by atoms with E-state index in [1.165, 1.54) is 5.57 Å². The van der Waals surface area contributed by atoms with Crippen LogP contribution >= 0.6 is 0 Å². The minimum absolute atomic E-state index is 0.0520. The van der Waals surface area contributed by atoms with Crippen molar-refractivity contribution in [2.75, 3.05) is 0 Å². The summed E-state index contributed by atoms with van der Waals surface area (Å²) in [7, 11) is 0. The lowest BCUT2D eigenvalue weighted by atomic mass is 9.46. The van der Waals surface area contributed by atoms with Gasteiger partial charge in [0.15, 0.2) is 0 Å². The van der Waals surface area contributed by atoms with Gasteiger partial charge in [-0.2, -0.15) is 0 Å². The third kappa shape index (κ3) is 1.85. The van der Waals surface area contributed by atoms with E-state index in [0.29, 0.717) is 17.8 Å². The van der Waals surface area contributed by atoms with Gasteiger partial charge in [-0.25, -0.2) is 0 Å². The molecule has 3 nitrogen and oxygen atoms in total. The van der Waals surface area contributed by atoms with E-state index >= 15 is 0 Å². The van der Waals surface area contributed by atoms with Crippen LogP contribution < -0.4 is 0 Å². The van der Waals surface area contributed by atoms with Crippen LogP contribution in [0.3, 0.4) is 0 Å². The van der Waals surface area contributed by atoms with E-state index in [1.54, 1.807) is 0 Å². The van der Waals surface area contributed by atoms with Gasteiger partial charge in [0.25, 0.3) is 0 Å². The van der Waals surface area contributed by atoms with E-state index < -0.39 is 0 Å². The van der Waals surface area contributed by atoms with Crippen LogP contribution in [-0.2, 0) is 0 Å². The minimum Gasteiger partial charge on any atom is -0.393 e. The van der Waals surface area contributed by atoms with Gasteiger partial charge in [-0.3, -0.25) is 0 Å². The lowest BCUT2D eigenvalue weighted by molar-refractivity contribution is -0.141. The number of aliphatic hydroxyl groups excluding tert-OH is 3. The number of hydrogen-bond donors (Lipinski definition) is 3. The number of fused-ring (bicyclic) bond motifs is 5. The van der Waals surface area contributed by atoms with E-state index in [-0.39, 0.29) is 29.1 Å². The molecule has 22 heavy (non-hydrogen) atoms. The summed E-state index contributed by atoms with van der Waals surface area (Å²) in [6.07, 6.45) is 7.96. The Morgan fingerprint density at radius 2 is 1.82 bits per heavy atom. The Hall–Kier alpha value is -0.380. The first-order valence-electron chi connectivity index (χ1n) is 9.11. The first kappa shape index (κ1) is 15.2. The Morgan fingerprint density at radius 1 is 1.05 bits per heavy atom.